The predicted molar refractivity (Wildman–Crippen MR) is 131 cm³/mol. The van der Waals surface area contributed by atoms with E-state index >= 15 is 0 Å². The van der Waals surface area contributed by atoms with E-state index < -0.39 is 12.2 Å². The van der Waals surface area contributed by atoms with Gasteiger partial charge in [0.2, 0.25) is 0 Å². The molecule has 0 radical (unpaired) electrons. The molecule has 3 unspecified atom stereocenters. The third kappa shape index (κ3) is 4.86. The number of aromatic amines is 1. The second kappa shape index (κ2) is 10.0. The molecule has 7 nitrogen and oxygen atoms in total. The third-order valence-electron chi connectivity index (χ3n) is 7.19. The molecule has 1 aromatic carbocycles. The number of H-pyrrole nitrogens is 1. The van der Waals surface area contributed by atoms with E-state index in [2.05, 4.69) is 15.6 Å². The first-order chi connectivity index (χ1) is 17.0. The van der Waals surface area contributed by atoms with Crippen molar-refractivity contribution in [2.24, 2.45) is 5.92 Å². The number of carbonyl (C=O) groups excluding carboxylic acids is 1. The van der Waals surface area contributed by atoms with Gasteiger partial charge in [0.15, 0.2) is 0 Å². The normalized spacial score (nSPS) is 19.3. The van der Waals surface area contributed by atoms with Crippen molar-refractivity contribution in [1.82, 2.24) is 20.2 Å². The summed E-state index contributed by atoms with van der Waals surface area (Å²) in [5, 5.41) is 6.13. The van der Waals surface area contributed by atoms with E-state index in [9.17, 15) is 22.8 Å². The lowest BCUT2D eigenvalue weighted by Gasteiger charge is -2.36. The number of para-hydroxylation sites is 1. The number of piperidine rings is 1. The lowest BCUT2D eigenvalue weighted by molar-refractivity contribution is -0.164. The minimum Gasteiger partial charge on any atom is -0.496 e. The SMILES string of the molecule is COc1cc(C)[nH]c(=O)c1CNC(=O)c1c(C)n(C(C)C2CCNC(C(F)(F)F)C2)c2ccccc12. The van der Waals surface area contributed by atoms with E-state index in [-0.39, 0.29) is 42.9 Å². The Balaban J connectivity index is 1.65. The molecule has 10 heteroatoms. The van der Waals surface area contributed by atoms with Crippen molar-refractivity contribution in [3.63, 3.8) is 0 Å². The fourth-order valence-corrected chi connectivity index (χ4v) is 5.34. The smallest absolute Gasteiger partial charge is 0.403 e. The van der Waals surface area contributed by atoms with Gasteiger partial charge in [-0.15, -0.1) is 0 Å². The van der Waals surface area contributed by atoms with Gasteiger partial charge >= 0.3 is 6.18 Å². The van der Waals surface area contributed by atoms with E-state index in [1.165, 1.54) is 7.11 Å². The average molecular weight is 505 g/mol. The lowest BCUT2D eigenvalue weighted by Crippen LogP contribution is -2.48. The highest BCUT2D eigenvalue weighted by molar-refractivity contribution is 6.08. The summed E-state index contributed by atoms with van der Waals surface area (Å²) in [4.78, 5) is 28.5. The second-order valence-electron chi connectivity index (χ2n) is 9.43. The van der Waals surface area contributed by atoms with Gasteiger partial charge in [-0.1, -0.05) is 18.2 Å². The van der Waals surface area contributed by atoms with E-state index in [1.54, 1.807) is 13.0 Å². The molecule has 1 saturated heterocycles. The van der Waals surface area contributed by atoms with Crippen LogP contribution in [0, 0.1) is 19.8 Å². The summed E-state index contributed by atoms with van der Waals surface area (Å²) < 4.78 is 47.5. The van der Waals surface area contributed by atoms with E-state index in [0.717, 1.165) is 5.52 Å². The standard InChI is InChI=1S/C26H31F3N4O3/c1-14-11-21(36-4)19(24(34)32-14)13-31-25(35)23-16(3)33(20-8-6-5-7-18(20)23)15(2)17-9-10-30-22(12-17)26(27,28)29/h5-8,11,15,17,22,30H,9-10,12-13H2,1-4H3,(H,31,35)(H,32,34). The van der Waals surface area contributed by atoms with Crippen LogP contribution in [0.3, 0.4) is 0 Å². The number of hydrogen-bond donors (Lipinski definition) is 3. The van der Waals surface area contributed by atoms with Crippen molar-refractivity contribution in [3.8, 4) is 5.75 Å². The first-order valence-electron chi connectivity index (χ1n) is 12.0. The fraction of sp³-hybridized carbons (Fsp3) is 0.462. The number of hydrogen-bond acceptors (Lipinski definition) is 4. The van der Waals surface area contributed by atoms with Crippen molar-refractivity contribution in [1.29, 1.82) is 0 Å². The number of rotatable bonds is 6. The predicted octanol–water partition coefficient (Wildman–Crippen LogP) is 4.38. The molecule has 0 aliphatic carbocycles. The number of nitrogens with one attached hydrogen (secondary N) is 3. The molecule has 3 N–H and O–H groups in total. The highest BCUT2D eigenvalue weighted by Gasteiger charge is 2.43. The van der Waals surface area contributed by atoms with Gasteiger partial charge in [-0.05, 0) is 58.2 Å². The first-order valence-corrected chi connectivity index (χ1v) is 12.0. The second-order valence-corrected chi connectivity index (χ2v) is 9.43. The minimum atomic E-state index is -4.30. The van der Waals surface area contributed by atoms with Crippen LogP contribution in [-0.4, -0.2) is 41.3 Å². The van der Waals surface area contributed by atoms with Gasteiger partial charge in [-0.3, -0.25) is 9.59 Å². The summed E-state index contributed by atoms with van der Waals surface area (Å²) in [6.45, 7) is 5.73. The molecule has 0 bridgehead atoms. The van der Waals surface area contributed by atoms with Crippen molar-refractivity contribution >= 4 is 16.8 Å². The molecule has 194 valence electrons. The fourth-order valence-electron chi connectivity index (χ4n) is 5.34. The molecule has 2 aromatic heterocycles. The van der Waals surface area contributed by atoms with Crippen LogP contribution in [-0.2, 0) is 6.54 Å². The van der Waals surface area contributed by atoms with E-state index in [0.29, 0.717) is 40.1 Å². The summed E-state index contributed by atoms with van der Waals surface area (Å²) in [7, 11) is 1.46. The number of aromatic nitrogens is 2. The maximum atomic E-state index is 13.4. The van der Waals surface area contributed by atoms with Crippen molar-refractivity contribution in [3.05, 3.63) is 63.2 Å². The van der Waals surface area contributed by atoms with Gasteiger partial charge in [0.25, 0.3) is 11.5 Å². The minimum absolute atomic E-state index is 0.0197. The van der Waals surface area contributed by atoms with Crippen LogP contribution in [0.5, 0.6) is 5.75 Å². The molecule has 4 rings (SSSR count). The van der Waals surface area contributed by atoms with Crippen molar-refractivity contribution in [2.75, 3.05) is 13.7 Å². The Bertz CT molecular complexity index is 1330. The summed E-state index contributed by atoms with van der Waals surface area (Å²) in [6, 6.07) is 7.30. The Morgan fingerprint density at radius 3 is 2.69 bits per heavy atom. The van der Waals surface area contributed by atoms with Gasteiger partial charge in [-0.2, -0.15) is 13.2 Å². The summed E-state index contributed by atoms with van der Waals surface area (Å²) >= 11 is 0. The zero-order chi connectivity index (χ0) is 26.2. The number of alkyl halides is 3. The molecular formula is C26H31F3N4O3. The van der Waals surface area contributed by atoms with Gasteiger partial charge in [0.05, 0.1) is 24.8 Å². The van der Waals surface area contributed by atoms with Crippen LogP contribution < -0.4 is 20.9 Å². The zero-order valence-electron chi connectivity index (χ0n) is 20.8. The molecule has 3 aromatic rings. The molecule has 3 heterocycles. The number of nitrogens with zero attached hydrogens (tertiary/aromatic N) is 1. The van der Waals surface area contributed by atoms with Crippen LogP contribution in [0.4, 0.5) is 13.2 Å². The monoisotopic (exact) mass is 504 g/mol. The molecule has 3 atom stereocenters. The summed E-state index contributed by atoms with van der Waals surface area (Å²) in [5.74, 6) is -0.191. The molecule has 1 amide bonds. The van der Waals surface area contributed by atoms with Crippen molar-refractivity contribution in [2.45, 2.75) is 58.4 Å². The molecule has 0 spiro atoms. The molecule has 1 aliphatic rings. The Morgan fingerprint density at radius 1 is 1.28 bits per heavy atom. The van der Waals surface area contributed by atoms with Gasteiger partial charge in [0, 0.05) is 28.3 Å². The zero-order valence-corrected chi connectivity index (χ0v) is 20.8. The number of benzene rings is 1. The Labute approximate surface area is 207 Å². The number of aryl methyl sites for hydroxylation is 1. The van der Waals surface area contributed by atoms with Gasteiger partial charge in [0.1, 0.15) is 11.8 Å². The molecule has 1 aliphatic heterocycles. The van der Waals surface area contributed by atoms with E-state index in [4.69, 9.17) is 4.74 Å². The number of amides is 1. The average Bonchev–Trinajstić information content (AvgIpc) is 3.13. The lowest BCUT2D eigenvalue weighted by atomic mass is 9.86. The number of fused-ring (bicyclic) bond motifs is 1. The van der Waals surface area contributed by atoms with Crippen molar-refractivity contribution < 1.29 is 22.7 Å². The number of ether oxygens (including phenoxy) is 1. The number of halogens is 3. The quantitative estimate of drug-likeness (QED) is 0.465. The van der Waals surface area contributed by atoms with E-state index in [1.807, 2.05) is 42.7 Å². The molecule has 36 heavy (non-hydrogen) atoms. The largest absolute Gasteiger partial charge is 0.496 e. The highest BCUT2D eigenvalue weighted by atomic mass is 19.4. The third-order valence-corrected chi connectivity index (χ3v) is 7.19. The molecular weight excluding hydrogens is 473 g/mol. The van der Waals surface area contributed by atoms with Gasteiger partial charge in [-0.25, -0.2) is 0 Å². The van der Waals surface area contributed by atoms with Crippen LogP contribution in [0.2, 0.25) is 0 Å². The summed E-state index contributed by atoms with van der Waals surface area (Å²) in [5.41, 5.74) is 2.52. The summed E-state index contributed by atoms with van der Waals surface area (Å²) in [6.07, 6.45) is -3.71. The van der Waals surface area contributed by atoms with Crippen LogP contribution in [0.15, 0.2) is 35.1 Å². The molecule has 0 saturated carbocycles. The topological polar surface area (TPSA) is 88.2 Å². The van der Waals surface area contributed by atoms with Crippen LogP contribution in [0.25, 0.3) is 10.9 Å². The number of methoxy groups -OCH3 is 1. The number of carbonyl (C=O) groups is 1. The molecule has 1 fully saturated rings. The highest BCUT2D eigenvalue weighted by Crippen LogP contribution is 2.38. The first kappa shape index (κ1) is 25.8. The van der Waals surface area contributed by atoms with Crippen LogP contribution >= 0.6 is 0 Å². The maximum Gasteiger partial charge on any atom is 0.403 e. The Kier molecular flexibility index (Phi) is 7.17. The van der Waals surface area contributed by atoms with Gasteiger partial charge < -0.3 is 24.9 Å². The van der Waals surface area contributed by atoms with Crippen LogP contribution in [0.1, 0.15) is 53.1 Å². The Morgan fingerprint density at radius 2 is 2.00 bits per heavy atom. The Hall–Kier alpha value is -3.27. The maximum absolute atomic E-state index is 13.4. The number of pyridine rings is 1.